The molecule has 2 heteroatoms. The van der Waals surface area contributed by atoms with Crippen molar-refractivity contribution in [1.29, 1.82) is 0 Å². The molecule has 40 heavy (non-hydrogen) atoms. The van der Waals surface area contributed by atoms with Gasteiger partial charge in [-0.1, -0.05) is 0 Å². The van der Waals surface area contributed by atoms with Crippen molar-refractivity contribution in [3.8, 4) is 22.3 Å². The van der Waals surface area contributed by atoms with E-state index in [-0.39, 0.29) is 0 Å². The van der Waals surface area contributed by atoms with Crippen LogP contribution in [0.25, 0.3) is 34.4 Å². The summed E-state index contributed by atoms with van der Waals surface area (Å²) in [5.74, 6) is 0. The normalized spacial score (nSPS) is 23.6. The van der Waals surface area contributed by atoms with Gasteiger partial charge >= 0.3 is 248 Å². The van der Waals surface area contributed by atoms with Crippen LogP contribution in [-0.2, 0) is 20.0 Å². The van der Waals surface area contributed by atoms with E-state index in [2.05, 4.69) is 134 Å². The molecule has 2 aliphatic carbocycles. The Bertz CT molecular complexity index is 1620. The van der Waals surface area contributed by atoms with Crippen LogP contribution in [0.5, 0.6) is 0 Å². The van der Waals surface area contributed by atoms with Crippen LogP contribution in [0.4, 0.5) is 0 Å². The molecule has 0 saturated carbocycles. The van der Waals surface area contributed by atoms with E-state index >= 15 is 0 Å². The van der Waals surface area contributed by atoms with Crippen LogP contribution in [-0.4, -0.2) is 8.07 Å². The van der Waals surface area contributed by atoms with E-state index in [1.165, 1.54) is 57.0 Å². The third-order valence-electron chi connectivity index (χ3n) is 10.5. The molecule has 1 fully saturated rings. The molecule has 0 nitrogen and oxygen atoms in total. The molecule has 1 aliphatic heterocycles. The van der Waals surface area contributed by atoms with Gasteiger partial charge in [0, 0.05) is 0 Å². The second kappa shape index (κ2) is 9.50. The predicted molar refractivity (Wildman–Crippen MR) is 173 cm³/mol. The van der Waals surface area contributed by atoms with Crippen LogP contribution in [0.2, 0.25) is 22.0 Å². The number of rotatable bonds is 4. The summed E-state index contributed by atoms with van der Waals surface area (Å²) in [5.41, 5.74) is 14.8. The Morgan fingerprint density at radius 1 is 0.600 bits per heavy atom. The fraction of sp³-hybridized carbons (Fsp3) is 0.263. The Labute approximate surface area is 246 Å². The molecule has 2 unspecified atom stereocenters. The second-order valence-electron chi connectivity index (χ2n) is 13.2. The van der Waals surface area contributed by atoms with Crippen LogP contribution in [0.3, 0.4) is 0 Å². The molecule has 0 radical (unpaired) electrons. The molecule has 2 atom stereocenters. The van der Waals surface area contributed by atoms with Crippen molar-refractivity contribution in [2.45, 2.75) is 56.5 Å². The van der Waals surface area contributed by atoms with Crippen molar-refractivity contribution in [3.63, 3.8) is 0 Å². The van der Waals surface area contributed by atoms with Gasteiger partial charge in [0.1, 0.15) is 0 Å². The summed E-state index contributed by atoms with van der Waals surface area (Å²) in [7, 11) is -1.88. The molecule has 1 saturated heterocycles. The average Bonchev–Trinajstić information content (AvgIpc) is 3.55. The topological polar surface area (TPSA) is 0 Å². The standard InChI is InChI=1S/C36H34Si.2CH3.Hf/c1-5-20-37(4,29-21-27-14-10-18-33(35(27)23-29)31-16-8-6-12-25(31)2)30-22-28-15-11-19-34(36(28)24-30)32-17-9-7-13-26(32)3;;;/h6-19,21-24H,5,20H2,1-4H3;2*1H3;. The van der Waals surface area contributed by atoms with Gasteiger partial charge < -0.3 is 0 Å². The number of hydrogen-bond donors (Lipinski definition) is 0. The molecule has 0 spiro atoms. The average molecular weight is 703 g/mol. The number of fused-ring (bicyclic) bond motifs is 6. The number of hydrogen-bond acceptors (Lipinski definition) is 0. The van der Waals surface area contributed by atoms with Crippen molar-refractivity contribution in [3.05, 3.63) is 129 Å². The SMILES string of the molecule is CCC[Si]1(C)C2=Cc3c(-c4ccccc4C)cccc3[CH]2[Hf]([CH3])([CH3])[CH]2C1=Cc1c(-c3ccccc3C)cccc12. The summed E-state index contributed by atoms with van der Waals surface area (Å²) in [5, 5.41) is 3.73. The van der Waals surface area contributed by atoms with Crippen LogP contribution in [0.15, 0.2) is 95.3 Å². The summed E-state index contributed by atoms with van der Waals surface area (Å²) < 4.78 is 6.94. The van der Waals surface area contributed by atoms with Gasteiger partial charge in [-0.25, -0.2) is 0 Å². The quantitative estimate of drug-likeness (QED) is 0.186. The van der Waals surface area contributed by atoms with Gasteiger partial charge in [0.15, 0.2) is 0 Å². The van der Waals surface area contributed by atoms with Gasteiger partial charge in [-0.15, -0.1) is 0 Å². The third-order valence-corrected chi connectivity index (χ3v) is 32.7. The Balaban J connectivity index is 1.47. The first-order valence-electron chi connectivity index (χ1n) is 15.1. The zero-order valence-corrected chi connectivity index (χ0v) is 29.4. The molecule has 200 valence electrons. The van der Waals surface area contributed by atoms with Gasteiger partial charge in [-0.2, -0.15) is 0 Å². The fourth-order valence-corrected chi connectivity index (χ4v) is 41.2. The van der Waals surface area contributed by atoms with E-state index in [9.17, 15) is 0 Å². The Morgan fingerprint density at radius 2 is 1.02 bits per heavy atom. The van der Waals surface area contributed by atoms with Crippen molar-refractivity contribution in [1.82, 2.24) is 0 Å². The molecular formula is C38H40HfSi. The molecule has 0 amide bonds. The van der Waals surface area contributed by atoms with Gasteiger partial charge in [0.2, 0.25) is 0 Å². The summed E-state index contributed by atoms with van der Waals surface area (Å²) in [6, 6.07) is 33.7. The van der Waals surface area contributed by atoms with E-state index < -0.39 is 28.0 Å². The van der Waals surface area contributed by atoms with Crippen molar-refractivity contribution in [2.75, 3.05) is 0 Å². The predicted octanol–water partition coefficient (Wildman–Crippen LogP) is 11.0. The second-order valence-corrected chi connectivity index (χ2v) is 34.8. The minimum absolute atomic E-state index is 0.685. The first kappa shape index (κ1) is 26.4. The minimum atomic E-state index is -3.01. The molecular weight excluding hydrogens is 663 g/mol. The fourth-order valence-electron chi connectivity index (χ4n) is 8.71. The molecule has 0 N–H and O–H groups in total. The monoisotopic (exact) mass is 704 g/mol. The van der Waals surface area contributed by atoms with Crippen LogP contribution >= 0.6 is 0 Å². The first-order chi connectivity index (χ1) is 19.3. The summed E-state index contributed by atoms with van der Waals surface area (Å²) >= 11 is -3.01. The zero-order valence-electron chi connectivity index (χ0n) is 24.8. The Morgan fingerprint density at radius 3 is 1.45 bits per heavy atom. The van der Waals surface area contributed by atoms with E-state index in [0.717, 1.165) is 0 Å². The summed E-state index contributed by atoms with van der Waals surface area (Å²) in [6.45, 7) is 9.68. The number of aryl methyl sites for hydroxylation is 2. The van der Waals surface area contributed by atoms with E-state index in [0.29, 0.717) is 7.35 Å². The van der Waals surface area contributed by atoms with Gasteiger partial charge in [-0.3, -0.25) is 0 Å². The molecule has 4 aromatic carbocycles. The van der Waals surface area contributed by atoms with Gasteiger partial charge in [-0.05, 0) is 0 Å². The summed E-state index contributed by atoms with van der Waals surface area (Å²) in [6.07, 6.45) is 6.72. The van der Waals surface area contributed by atoms with E-state index in [4.69, 9.17) is 0 Å². The van der Waals surface area contributed by atoms with Crippen LogP contribution in [0, 0.1) is 13.8 Å². The Hall–Kier alpha value is -2.55. The molecule has 3 aliphatic rings. The Kier molecular flexibility index (Phi) is 6.26. The maximum atomic E-state index is 2.79. The van der Waals surface area contributed by atoms with E-state index in [1.807, 2.05) is 10.4 Å². The van der Waals surface area contributed by atoms with Crippen molar-refractivity contribution in [2.24, 2.45) is 0 Å². The molecule has 7 rings (SSSR count). The van der Waals surface area contributed by atoms with Gasteiger partial charge in [0.25, 0.3) is 0 Å². The van der Waals surface area contributed by atoms with Crippen LogP contribution < -0.4 is 0 Å². The van der Waals surface area contributed by atoms with Gasteiger partial charge in [0.05, 0.1) is 0 Å². The van der Waals surface area contributed by atoms with Crippen molar-refractivity contribution < 1.29 is 20.0 Å². The maximum absolute atomic E-state index is 3.01. The molecule has 0 aromatic heterocycles. The summed E-state index contributed by atoms with van der Waals surface area (Å²) in [4.78, 5) is 0. The third kappa shape index (κ3) is 3.64. The molecule has 0 bridgehead atoms. The molecule has 1 heterocycles. The molecule has 4 aromatic rings. The first-order valence-corrected chi connectivity index (χ1v) is 29.1. The van der Waals surface area contributed by atoms with Crippen LogP contribution in [0.1, 0.15) is 54.1 Å². The number of allylic oxidation sites excluding steroid dienone is 2. The van der Waals surface area contributed by atoms with Crippen molar-refractivity contribution >= 4 is 20.2 Å². The zero-order chi connectivity index (χ0) is 27.8. The number of benzene rings is 4. The van der Waals surface area contributed by atoms with E-state index in [1.54, 1.807) is 11.1 Å².